The highest BCUT2D eigenvalue weighted by Crippen LogP contribution is 2.52. The molecule has 2 nitrogen and oxygen atoms in total. The molecule has 0 saturated carbocycles. The van der Waals surface area contributed by atoms with Crippen molar-refractivity contribution in [3.05, 3.63) is 211 Å². The number of benzene rings is 10. The third-order valence-electron chi connectivity index (χ3n) is 14.9. The summed E-state index contributed by atoms with van der Waals surface area (Å²) in [5, 5.41) is 4.55. The van der Waals surface area contributed by atoms with E-state index in [1.807, 2.05) is 0 Å². The van der Waals surface area contributed by atoms with Crippen LogP contribution in [0.1, 0.15) is 25.0 Å². The van der Waals surface area contributed by atoms with Crippen molar-refractivity contribution in [2.24, 2.45) is 0 Å². The molecule has 1 heterocycles. The van der Waals surface area contributed by atoms with Crippen LogP contribution in [0, 0.1) is 0 Å². The van der Waals surface area contributed by atoms with Crippen LogP contribution in [0.4, 0.5) is 17.1 Å². The van der Waals surface area contributed by atoms with Gasteiger partial charge >= 0.3 is 0 Å². The molecule has 1 aromatic heterocycles. The van der Waals surface area contributed by atoms with E-state index < -0.39 is 0 Å². The number of furan rings is 1. The molecule has 0 N–H and O–H groups in total. The van der Waals surface area contributed by atoms with E-state index in [1.54, 1.807) is 0 Å². The maximum absolute atomic E-state index is 6.76. The van der Waals surface area contributed by atoms with Gasteiger partial charge in [-0.05, 0) is 96.9 Å². The molecule has 6 heteroatoms. The van der Waals surface area contributed by atoms with Crippen LogP contribution >= 0.6 is 0 Å². The largest absolute Gasteiger partial charge is 0.455 e. The Kier molecular flexibility index (Phi) is 9.59. The lowest BCUT2D eigenvalue weighted by molar-refractivity contribution is 0.662. The SMILES string of the molecule is Bc1c(B)c(N(c2ccc(-c3cccc4c3C(C)(C)c3ccccc3-4)cc2)c2ccccc2-c2cccc3oc4c5ccccc5ccc4c23)c(B)c(B)c1-c1ccc(-c2ccccc2)cc1. The van der Waals surface area contributed by atoms with Crippen LogP contribution < -0.4 is 26.8 Å². The molecule has 10 aromatic carbocycles. The molecule has 11 aromatic rings. The quantitative estimate of drug-likeness (QED) is 0.149. The first-order chi connectivity index (χ1) is 32.7. The Labute approximate surface area is 396 Å². The van der Waals surface area contributed by atoms with Gasteiger partial charge in [0, 0.05) is 38.5 Å². The van der Waals surface area contributed by atoms with Gasteiger partial charge in [-0.1, -0.05) is 206 Å². The minimum absolute atomic E-state index is 0.121. The molecule has 0 amide bonds. The van der Waals surface area contributed by atoms with Gasteiger partial charge < -0.3 is 9.32 Å². The average molecular weight is 853 g/mol. The van der Waals surface area contributed by atoms with Gasteiger partial charge in [0.05, 0.1) is 5.69 Å². The van der Waals surface area contributed by atoms with Crippen molar-refractivity contribution in [1.82, 2.24) is 0 Å². The zero-order chi connectivity index (χ0) is 45.6. The number of anilines is 3. The first-order valence-corrected chi connectivity index (χ1v) is 23.5. The van der Waals surface area contributed by atoms with E-state index in [4.69, 9.17) is 4.42 Å². The molecule has 0 atom stereocenters. The van der Waals surface area contributed by atoms with E-state index in [0.717, 1.165) is 49.8 Å². The first-order valence-electron chi connectivity index (χ1n) is 23.5. The second-order valence-corrected chi connectivity index (χ2v) is 18.9. The zero-order valence-corrected chi connectivity index (χ0v) is 38.9. The van der Waals surface area contributed by atoms with Crippen LogP contribution in [0.2, 0.25) is 0 Å². The molecule has 1 aliphatic carbocycles. The summed E-state index contributed by atoms with van der Waals surface area (Å²) in [7, 11) is 9.23. The molecule has 0 aliphatic heterocycles. The normalized spacial score (nSPS) is 12.7. The second-order valence-electron chi connectivity index (χ2n) is 18.9. The molecule has 0 fully saturated rings. The minimum Gasteiger partial charge on any atom is -0.455 e. The number of nitrogens with zero attached hydrogens (tertiary/aromatic N) is 1. The highest BCUT2D eigenvalue weighted by molar-refractivity contribution is 6.63. The van der Waals surface area contributed by atoms with Gasteiger partial charge in [0.1, 0.15) is 42.6 Å². The Balaban J connectivity index is 1.06. The van der Waals surface area contributed by atoms with Crippen molar-refractivity contribution in [3.63, 3.8) is 0 Å². The molecular weight excluding hydrogens is 806 g/mol. The summed E-state index contributed by atoms with van der Waals surface area (Å²) in [5.41, 5.74) is 25.4. The smallest absolute Gasteiger partial charge is 0.143 e. The summed E-state index contributed by atoms with van der Waals surface area (Å²) in [4.78, 5) is 2.53. The van der Waals surface area contributed by atoms with Gasteiger partial charge in [-0.15, -0.1) is 0 Å². The lowest BCUT2D eigenvalue weighted by Crippen LogP contribution is -2.46. The molecule has 0 spiro atoms. The maximum atomic E-state index is 6.76. The number of hydrogen-bond donors (Lipinski definition) is 0. The maximum Gasteiger partial charge on any atom is 0.143 e. The molecule has 0 radical (unpaired) electrons. The summed E-state index contributed by atoms with van der Waals surface area (Å²) >= 11 is 0. The molecule has 314 valence electrons. The Morgan fingerprint density at radius 3 is 1.78 bits per heavy atom. The van der Waals surface area contributed by atoms with Crippen molar-refractivity contribution in [2.45, 2.75) is 19.3 Å². The van der Waals surface area contributed by atoms with Crippen LogP contribution in [0.15, 0.2) is 205 Å². The monoisotopic (exact) mass is 853 g/mol. The second kappa shape index (κ2) is 15.7. The fourth-order valence-electron chi connectivity index (χ4n) is 11.5. The fraction of sp³-hybridized carbons (Fsp3) is 0.0492. The summed E-state index contributed by atoms with van der Waals surface area (Å²) in [6.07, 6.45) is 0. The van der Waals surface area contributed by atoms with Gasteiger partial charge in [0.2, 0.25) is 0 Å². The summed E-state index contributed by atoms with van der Waals surface area (Å²) in [6, 6.07) is 73.2. The van der Waals surface area contributed by atoms with Gasteiger partial charge in [0.15, 0.2) is 0 Å². The van der Waals surface area contributed by atoms with E-state index in [1.165, 1.54) is 88.6 Å². The van der Waals surface area contributed by atoms with Crippen LogP contribution in [0.3, 0.4) is 0 Å². The lowest BCUT2D eigenvalue weighted by Gasteiger charge is -2.34. The number of fused-ring (bicyclic) bond motifs is 8. The van der Waals surface area contributed by atoms with Crippen molar-refractivity contribution in [1.29, 1.82) is 0 Å². The van der Waals surface area contributed by atoms with Crippen LogP contribution in [0.5, 0.6) is 0 Å². The molecule has 1 aliphatic rings. The molecule has 12 rings (SSSR count). The van der Waals surface area contributed by atoms with E-state index in [0.29, 0.717) is 0 Å². The Morgan fingerprint density at radius 1 is 0.418 bits per heavy atom. The highest BCUT2D eigenvalue weighted by atomic mass is 16.3. The van der Waals surface area contributed by atoms with Gasteiger partial charge in [-0.25, -0.2) is 0 Å². The standard InChI is InChI=1S/C61H47B4NO/c1-61(2)49-23-10-8-18-44(49)47-22-12-20-42(54(47)61)39-30-33-41(34-31-39)66(59-57(64)55(62)52(56(63)58(59)65)40-28-26-37(27-29-40)36-14-4-3-5-15-36)50-24-11-9-19-45(50)46-21-13-25-51-53(46)48-35-32-38-16-6-7-17-43(38)60(48)67-51/h3-35H,62-65H2,1-2H3. The van der Waals surface area contributed by atoms with Crippen molar-refractivity contribution < 1.29 is 4.42 Å². The Morgan fingerprint density at radius 2 is 1.00 bits per heavy atom. The van der Waals surface area contributed by atoms with Crippen molar-refractivity contribution in [2.75, 3.05) is 4.90 Å². The zero-order valence-electron chi connectivity index (χ0n) is 38.9. The summed E-state index contributed by atoms with van der Waals surface area (Å²) in [6.45, 7) is 4.75. The summed E-state index contributed by atoms with van der Waals surface area (Å²) in [5.74, 6) is 0. The van der Waals surface area contributed by atoms with Gasteiger partial charge in [-0.3, -0.25) is 0 Å². The molecule has 67 heavy (non-hydrogen) atoms. The van der Waals surface area contributed by atoms with E-state index in [2.05, 4.69) is 250 Å². The van der Waals surface area contributed by atoms with Crippen molar-refractivity contribution >= 4 is 103 Å². The predicted octanol–water partition coefficient (Wildman–Crippen LogP) is 10.2. The topological polar surface area (TPSA) is 16.4 Å². The third-order valence-corrected chi connectivity index (χ3v) is 14.9. The molecule has 0 unspecified atom stereocenters. The van der Waals surface area contributed by atoms with Gasteiger partial charge in [0.25, 0.3) is 0 Å². The number of para-hydroxylation sites is 1. The predicted molar refractivity (Wildman–Crippen MR) is 298 cm³/mol. The lowest BCUT2D eigenvalue weighted by atomic mass is 9.64. The third kappa shape index (κ3) is 6.38. The van der Waals surface area contributed by atoms with E-state index >= 15 is 0 Å². The number of rotatable bonds is 7. The van der Waals surface area contributed by atoms with E-state index in [9.17, 15) is 0 Å². The van der Waals surface area contributed by atoms with E-state index in [-0.39, 0.29) is 5.41 Å². The first kappa shape index (κ1) is 40.8. The minimum atomic E-state index is -0.121. The highest BCUT2D eigenvalue weighted by Gasteiger charge is 2.37. The van der Waals surface area contributed by atoms with Crippen LogP contribution in [-0.4, -0.2) is 31.4 Å². The fourth-order valence-corrected chi connectivity index (χ4v) is 11.5. The number of hydrogen-bond acceptors (Lipinski definition) is 2. The van der Waals surface area contributed by atoms with Crippen LogP contribution in [-0.2, 0) is 5.41 Å². The molecule has 0 bridgehead atoms. The van der Waals surface area contributed by atoms with Crippen LogP contribution in [0.25, 0.3) is 88.3 Å². The Hall–Kier alpha value is -7.68. The molecule has 0 saturated heterocycles. The van der Waals surface area contributed by atoms with Gasteiger partial charge in [-0.2, -0.15) is 0 Å². The molecular formula is C61H47B4NO. The van der Waals surface area contributed by atoms with Crippen molar-refractivity contribution in [3.8, 4) is 55.6 Å². The summed E-state index contributed by atoms with van der Waals surface area (Å²) < 4.78 is 6.76. The average Bonchev–Trinajstić information content (AvgIpc) is 3.88. The Bertz CT molecular complexity index is 3730.